The second-order valence-electron chi connectivity index (χ2n) is 6.96. The molecule has 0 amide bonds. The van der Waals surface area contributed by atoms with Crippen molar-refractivity contribution in [3.63, 3.8) is 0 Å². The van der Waals surface area contributed by atoms with Gasteiger partial charge < -0.3 is 9.80 Å². The van der Waals surface area contributed by atoms with Crippen molar-refractivity contribution in [1.82, 2.24) is 9.88 Å². The summed E-state index contributed by atoms with van der Waals surface area (Å²) in [6.45, 7) is 7.20. The highest BCUT2D eigenvalue weighted by Gasteiger charge is 2.27. The number of rotatable bonds is 3. The zero-order valence-electron chi connectivity index (χ0n) is 14.2. The molecule has 2 fully saturated rings. The Labute approximate surface area is 139 Å². The molecule has 3 heteroatoms. The minimum absolute atomic E-state index is 0.812. The molecule has 23 heavy (non-hydrogen) atoms. The van der Waals surface area contributed by atoms with Gasteiger partial charge in [0.2, 0.25) is 0 Å². The molecule has 1 aromatic carbocycles. The van der Waals surface area contributed by atoms with Gasteiger partial charge in [0.25, 0.3) is 0 Å². The van der Waals surface area contributed by atoms with E-state index in [0.717, 1.165) is 18.0 Å². The van der Waals surface area contributed by atoms with Gasteiger partial charge in [-0.3, -0.25) is 4.98 Å². The normalized spacial score (nSPS) is 20.5. The lowest BCUT2D eigenvalue weighted by Gasteiger charge is -2.38. The molecule has 0 bridgehead atoms. The highest BCUT2D eigenvalue weighted by molar-refractivity contribution is 5.92. The lowest BCUT2D eigenvalue weighted by atomic mass is 10.0. The van der Waals surface area contributed by atoms with Gasteiger partial charge in [0.05, 0.1) is 5.52 Å². The summed E-state index contributed by atoms with van der Waals surface area (Å²) in [6, 6.07) is 11.7. The molecule has 2 aromatic rings. The zero-order valence-corrected chi connectivity index (χ0v) is 14.2. The fraction of sp³-hybridized carbons (Fsp3) is 0.550. The molecule has 2 aliphatic rings. The quantitative estimate of drug-likeness (QED) is 0.858. The van der Waals surface area contributed by atoms with Crippen molar-refractivity contribution >= 4 is 16.6 Å². The Kier molecular flexibility index (Phi) is 4.21. The zero-order chi connectivity index (χ0) is 15.6. The Morgan fingerprint density at radius 2 is 1.78 bits per heavy atom. The maximum Gasteiger partial charge on any atom is 0.0726 e. The fourth-order valence-corrected chi connectivity index (χ4v) is 4.23. The molecule has 0 radical (unpaired) electrons. The lowest BCUT2D eigenvalue weighted by molar-refractivity contribution is 0.208. The Hall–Kier alpha value is -1.61. The van der Waals surface area contributed by atoms with Crippen molar-refractivity contribution in [1.29, 1.82) is 0 Å². The number of hydrogen-bond donors (Lipinski definition) is 0. The molecule has 0 atom stereocenters. The van der Waals surface area contributed by atoms with E-state index in [1.165, 1.54) is 68.6 Å². The predicted octanol–water partition coefficient (Wildman–Crippen LogP) is 3.86. The van der Waals surface area contributed by atoms with Crippen LogP contribution in [0.2, 0.25) is 0 Å². The number of fused-ring (bicyclic) bond motifs is 1. The van der Waals surface area contributed by atoms with E-state index in [4.69, 9.17) is 4.98 Å². The molecule has 0 aliphatic carbocycles. The van der Waals surface area contributed by atoms with Gasteiger partial charge in [0.1, 0.15) is 0 Å². The summed E-state index contributed by atoms with van der Waals surface area (Å²) < 4.78 is 0. The highest BCUT2D eigenvalue weighted by atomic mass is 15.2. The first-order valence-corrected chi connectivity index (χ1v) is 9.23. The van der Waals surface area contributed by atoms with Crippen LogP contribution in [0.4, 0.5) is 5.69 Å². The summed E-state index contributed by atoms with van der Waals surface area (Å²) >= 11 is 0. The van der Waals surface area contributed by atoms with E-state index >= 15 is 0 Å². The summed E-state index contributed by atoms with van der Waals surface area (Å²) in [7, 11) is 0. The van der Waals surface area contributed by atoms with Crippen LogP contribution in [0, 0.1) is 0 Å². The molecule has 0 spiro atoms. The highest BCUT2D eigenvalue weighted by Crippen LogP contribution is 2.30. The van der Waals surface area contributed by atoms with Crippen molar-refractivity contribution in [3.05, 3.63) is 36.0 Å². The monoisotopic (exact) mass is 309 g/mol. The van der Waals surface area contributed by atoms with Crippen molar-refractivity contribution in [2.75, 3.05) is 31.1 Å². The van der Waals surface area contributed by atoms with Crippen LogP contribution in [-0.2, 0) is 6.42 Å². The number of pyridine rings is 1. The Bertz CT molecular complexity index is 668. The van der Waals surface area contributed by atoms with Gasteiger partial charge >= 0.3 is 0 Å². The number of nitrogens with zero attached hydrogens (tertiary/aromatic N) is 3. The lowest BCUT2D eigenvalue weighted by Crippen LogP contribution is -2.44. The third kappa shape index (κ3) is 2.94. The van der Waals surface area contributed by atoms with Gasteiger partial charge in [-0.2, -0.15) is 0 Å². The molecular formula is C20H27N3. The first-order valence-electron chi connectivity index (χ1n) is 9.23. The number of hydrogen-bond acceptors (Lipinski definition) is 3. The van der Waals surface area contributed by atoms with Crippen molar-refractivity contribution in [2.45, 2.75) is 45.1 Å². The fourth-order valence-electron chi connectivity index (χ4n) is 4.23. The Morgan fingerprint density at radius 1 is 1.04 bits per heavy atom. The van der Waals surface area contributed by atoms with E-state index in [0.29, 0.717) is 0 Å². The molecule has 0 unspecified atom stereocenters. The van der Waals surface area contributed by atoms with E-state index in [1.54, 1.807) is 0 Å². The molecule has 4 rings (SSSR count). The second-order valence-corrected chi connectivity index (χ2v) is 6.96. The van der Waals surface area contributed by atoms with Gasteiger partial charge in [-0.05, 0) is 57.3 Å². The second kappa shape index (κ2) is 6.48. The SMILES string of the molecule is CCc1cc(N2CCC(N3CCCC3)CC2)c2ccccc2n1. The summed E-state index contributed by atoms with van der Waals surface area (Å²) in [5.74, 6) is 0. The van der Waals surface area contributed by atoms with Crippen LogP contribution >= 0.6 is 0 Å². The molecule has 2 saturated heterocycles. The molecule has 3 heterocycles. The maximum atomic E-state index is 4.79. The average molecular weight is 309 g/mol. The number of anilines is 1. The topological polar surface area (TPSA) is 19.4 Å². The van der Waals surface area contributed by atoms with Gasteiger partial charge in [0, 0.05) is 35.9 Å². The summed E-state index contributed by atoms with van der Waals surface area (Å²) in [5.41, 5.74) is 3.75. The van der Waals surface area contributed by atoms with E-state index in [2.05, 4.69) is 47.1 Å². The van der Waals surface area contributed by atoms with Crippen LogP contribution in [0.15, 0.2) is 30.3 Å². The number of aromatic nitrogens is 1. The molecular weight excluding hydrogens is 282 g/mol. The number of benzene rings is 1. The largest absolute Gasteiger partial charge is 0.371 e. The van der Waals surface area contributed by atoms with Gasteiger partial charge in [-0.1, -0.05) is 25.1 Å². The minimum atomic E-state index is 0.812. The van der Waals surface area contributed by atoms with Gasteiger partial charge in [-0.25, -0.2) is 0 Å². The maximum absolute atomic E-state index is 4.79. The van der Waals surface area contributed by atoms with Gasteiger partial charge in [0.15, 0.2) is 0 Å². The number of aryl methyl sites for hydroxylation is 1. The van der Waals surface area contributed by atoms with Crippen molar-refractivity contribution in [2.24, 2.45) is 0 Å². The molecule has 122 valence electrons. The van der Waals surface area contributed by atoms with Crippen LogP contribution in [0.1, 0.15) is 38.3 Å². The molecule has 0 saturated carbocycles. The summed E-state index contributed by atoms with van der Waals surface area (Å²) in [4.78, 5) is 10.1. The molecule has 0 N–H and O–H groups in total. The van der Waals surface area contributed by atoms with Crippen molar-refractivity contribution in [3.8, 4) is 0 Å². The van der Waals surface area contributed by atoms with Crippen LogP contribution in [-0.4, -0.2) is 42.1 Å². The van der Waals surface area contributed by atoms with E-state index < -0.39 is 0 Å². The third-order valence-corrected chi connectivity index (χ3v) is 5.57. The van der Waals surface area contributed by atoms with Crippen LogP contribution in [0.3, 0.4) is 0 Å². The minimum Gasteiger partial charge on any atom is -0.371 e. The van der Waals surface area contributed by atoms with Crippen molar-refractivity contribution < 1.29 is 0 Å². The number of piperidine rings is 1. The average Bonchev–Trinajstić information content (AvgIpc) is 3.15. The first kappa shape index (κ1) is 14.9. The standard InChI is InChI=1S/C20H27N3/c1-2-16-15-20(18-7-3-4-8-19(18)21-16)23-13-9-17(10-14-23)22-11-5-6-12-22/h3-4,7-8,15,17H,2,5-6,9-14H2,1H3. The number of likely N-dealkylation sites (tertiary alicyclic amines) is 1. The van der Waals surface area contributed by atoms with E-state index in [-0.39, 0.29) is 0 Å². The Balaban J connectivity index is 1.57. The number of para-hydroxylation sites is 1. The smallest absolute Gasteiger partial charge is 0.0726 e. The van der Waals surface area contributed by atoms with Crippen LogP contribution in [0.5, 0.6) is 0 Å². The van der Waals surface area contributed by atoms with E-state index in [1.807, 2.05) is 0 Å². The predicted molar refractivity (Wildman–Crippen MR) is 97.2 cm³/mol. The van der Waals surface area contributed by atoms with Gasteiger partial charge in [-0.15, -0.1) is 0 Å². The van der Waals surface area contributed by atoms with E-state index in [9.17, 15) is 0 Å². The molecule has 2 aliphatic heterocycles. The Morgan fingerprint density at radius 3 is 2.52 bits per heavy atom. The third-order valence-electron chi connectivity index (χ3n) is 5.57. The molecule has 1 aromatic heterocycles. The first-order chi connectivity index (χ1) is 11.3. The van der Waals surface area contributed by atoms with Crippen LogP contribution in [0.25, 0.3) is 10.9 Å². The summed E-state index contributed by atoms with van der Waals surface area (Å²) in [5, 5.41) is 1.31. The molecule has 3 nitrogen and oxygen atoms in total. The van der Waals surface area contributed by atoms with Crippen LogP contribution < -0.4 is 4.90 Å². The summed E-state index contributed by atoms with van der Waals surface area (Å²) in [6.07, 6.45) is 6.41.